The Morgan fingerprint density at radius 1 is 1.24 bits per heavy atom. The van der Waals surface area contributed by atoms with Gasteiger partial charge in [-0.25, -0.2) is 4.79 Å². The highest BCUT2D eigenvalue weighted by atomic mass is 19.4. The number of nitrogens with one attached hydrogen (secondary N) is 3. The standard InChI is InChI=1S/C17H20F3N3O2/c1-21-15(24)8-11-10(3-2-4-12(11)17(18,19)20)9-5-6-13-14(7-9)23-16(25)22-13/h2-4,9,13-14H,5-8H2,1H3,(H,21,24)(H2,22,23,25). The number of rotatable bonds is 3. The fourth-order valence-electron chi connectivity index (χ4n) is 3.86. The van der Waals surface area contributed by atoms with Crippen molar-refractivity contribution in [3.63, 3.8) is 0 Å². The first-order valence-corrected chi connectivity index (χ1v) is 8.26. The lowest BCUT2D eigenvalue weighted by Crippen LogP contribution is -2.39. The fraction of sp³-hybridized carbons (Fsp3) is 0.529. The average Bonchev–Trinajstić information content (AvgIpc) is 2.92. The van der Waals surface area contributed by atoms with Gasteiger partial charge in [-0.1, -0.05) is 12.1 Å². The highest BCUT2D eigenvalue weighted by Gasteiger charge is 2.40. The van der Waals surface area contributed by atoms with Gasteiger partial charge in [-0.2, -0.15) is 13.2 Å². The zero-order valence-corrected chi connectivity index (χ0v) is 13.7. The minimum absolute atomic E-state index is 0.0249. The quantitative estimate of drug-likeness (QED) is 0.779. The molecule has 3 rings (SSSR count). The van der Waals surface area contributed by atoms with Gasteiger partial charge in [0.1, 0.15) is 0 Å². The topological polar surface area (TPSA) is 70.2 Å². The number of urea groups is 1. The van der Waals surface area contributed by atoms with Gasteiger partial charge in [0, 0.05) is 7.05 Å². The van der Waals surface area contributed by atoms with Gasteiger partial charge >= 0.3 is 12.2 Å². The third-order valence-electron chi connectivity index (χ3n) is 5.06. The van der Waals surface area contributed by atoms with Crippen molar-refractivity contribution in [3.05, 3.63) is 34.9 Å². The SMILES string of the molecule is CNC(=O)Cc1c(C2CCC3NC(=O)NC3C2)cccc1C(F)(F)F. The van der Waals surface area contributed by atoms with Crippen molar-refractivity contribution in [2.45, 2.75) is 49.9 Å². The molecule has 2 fully saturated rings. The lowest BCUT2D eigenvalue weighted by Gasteiger charge is -2.32. The minimum Gasteiger partial charge on any atom is -0.359 e. The third kappa shape index (κ3) is 3.57. The molecular weight excluding hydrogens is 335 g/mol. The summed E-state index contributed by atoms with van der Waals surface area (Å²) in [5, 5.41) is 8.04. The molecule has 5 nitrogen and oxygen atoms in total. The van der Waals surface area contributed by atoms with Gasteiger partial charge in [0.25, 0.3) is 0 Å². The molecule has 1 saturated carbocycles. The summed E-state index contributed by atoms with van der Waals surface area (Å²) in [4.78, 5) is 23.2. The second-order valence-electron chi connectivity index (χ2n) is 6.56. The second-order valence-corrected chi connectivity index (χ2v) is 6.56. The van der Waals surface area contributed by atoms with E-state index in [4.69, 9.17) is 0 Å². The van der Waals surface area contributed by atoms with E-state index in [-0.39, 0.29) is 36.0 Å². The molecule has 3 N–H and O–H groups in total. The predicted octanol–water partition coefficient (Wildman–Crippen LogP) is 2.31. The van der Waals surface area contributed by atoms with Gasteiger partial charge in [-0.05, 0) is 42.4 Å². The van der Waals surface area contributed by atoms with E-state index in [9.17, 15) is 22.8 Å². The van der Waals surface area contributed by atoms with Crippen LogP contribution in [0, 0.1) is 0 Å². The van der Waals surface area contributed by atoms with Crippen LogP contribution in [0.25, 0.3) is 0 Å². The van der Waals surface area contributed by atoms with Gasteiger partial charge in [0.2, 0.25) is 5.91 Å². The number of hydrogen-bond donors (Lipinski definition) is 3. The fourth-order valence-corrected chi connectivity index (χ4v) is 3.86. The van der Waals surface area contributed by atoms with Gasteiger partial charge in [-0.15, -0.1) is 0 Å². The number of hydrogen-bond acceptors (Lipinski definition) is 2. The molecule has 1 saturated heterocycles. The monoisotopic (exact) mass is 355 g/mol. The molecule has 136 valence electrons. The van der Waals surface area contributed by atoms with Crippen LogP contribution in [0.1, 0.15) is 41.9 Å². The zero-order chi connectivity index (χ0) is 18.2. The Labute approximate surface area is 143 Å². The average molecular weight is 355 g/mol. The number of fused-ring (bicyclic) bond motifs is 1. The van der Waals surface area contributed by atoms with Crippen molar-refractivity contribution in [2.75, 3.05) is 7.05 Å². The third-order valence-corrected chi connectivity index (χ3v) is 5.06. The number of alkyl halides is 3. The summed E-state index contributed by atoms with van der Waals surface area (Å²) in [6, 6.07) is 3.79. The van der Waals surface area contributed by atoms with E-state index in [1.54, 1.807) is 6.07 Å². The molecule has 1 aliphatic carbocycles. The normalized spacial score (nSPS) is 25.8. The Morgan fingerprint density at radius 2 is 1.96 bits per heavy atom. The van der Waals surface area contributed by atoms with Crippen molar-refractivity contribution in [3.8, 4) is 0 Å². The first-order chi connectivity index (χ1) is 11.8. The first-order valence-electron chi connectivity index (χ1n) is 8.26. The van der Waals surface area contributed by atoms with Gasteiger partial charge < -0.3 is 16.0 Å². The molecule has 1 aromatic carbocycles. The molecule has 1 aromatic rings. The molecule has 3 unspecified atom stereocenters. The Kier molecular flexibility index (Phi) is 4.62. The summed E-state index contributed by atoms with van der Waals surface area (Å²) in [7, 11) is 1.41. The Morgan fingerprint density at radius 3 is 2.64 bits per heavy atom. The largest absolute Gasteiger partial charge is 0.416 e. The van der Waals surface area contributed by atoms with E-state index < -0.39 is 17.6 Å². The van der Waals surface area contributed by atoms with Crippen LogP contribution in [0.2, 0.25) is 0 Å². The van der Waals surface area contributed by atoms with Gasteiger partial charge in [0.15, 0.2) is 0 Å². The van der Waals surface area contributed by atoms with Crippen LogP contribution in [0.4, 0.5) is 18.0 Å². The smallest absolute Gasteiger partial charge is 0.359 e. The molecular formula is C17H20F3N3O2. The van der Waals surface area contributed by atoms with Crippen LogP contribution >= 0.6 is 0 Å². The molecule has 0 aromatic heterocycles. The molecule has 0 bridgehead atoms. The summed E-state index contributed by atoms with van der Waals surface area (Å²) >= 11 is 0. The summed E-state index contributed by atoms with van der Waals surface area (Å²) in [5.74, 6) is -0.578. The van der Waals surface area contributed by atoms with Crippen LogP contribution in [-0.4, -0.2) is 31.1 Å². The van der Waals surface area contributed by atoms with E-state index in [0.717, 1.165) is 6.07 Å². The van der Waals surface area contributed by atoms with Crippen molar-refractivity contribution < 1.29 is 22.8 Å². The van der Waals surface area contributed by atoms with Gasteiger partial charge in [-0.3, -0.25) is 4.79 Å². The summed E-state index contributed by atoms with van der Waals surface area (Å²) in [5.41, 5.74) is -0.169. The van der Waals surface area contributed by atoms with Crippen LogP contribution in [0.3, 0.4) is 0 Å². The molecule has 3 amide bonds. The molecule has 25 heavy (non-hydrogen) atoms. The molecule has 1 aliphatic heterocycles. The Balaban J connectivity index is 1.95. The van der Waals surface area contributed by atoms with Crippen molar-refractivity contribution in [1.29, 1.82) is 0 Å². The van der Waals surface area contributed by atoms with E-state index in [2.05, 4.69) is 16.0 Å². The number of carbonyl (C=O) groups excluding carboxylic acids is 2. The van der Waals surface area contributed by atoms with E-state index in [0.29, 0.717) is 24.8 Å². The van der Waals surface area contributed by atoms with Crippen LogP contribution in [0.15, 0.2) is 18.2 Å². The second kappa shape index (κ2) is 6.57. The highest BCUT2D eigenvalue weighted by molar-refractivity contribution is 5.79. The molecule has 0 spiro atoms. The number of amides is 3. The van der Waals surface area contributed by atoms with E-state index >= 15 is 0 Å². The van der Waals surface area contributed by atoms with Crippen molar-refractivity contribution in [2.24, 2.45) is 0 Å². The Hall–Kier alpha value is -2.25. The van der Waals surface area contributed by atoms with Crippen molar-refractivity contribution in [1.82, 2.24) is 16.0 Å². The predicted molar refractivity (Wildman–Crippen MR) is 85.1 cm³/mol. The maximum Gasteiger partial charge on any atom is 0.416 e. The van der Waals surface area contributed by atoms with Crippen molar-refractivity contribution >= 4 is 11.9 Å². The maximum atomic E-state index is 13.4. The Bertz CT molecular complexity index is 690. The summed E-state index contributed by atoms with van der Waals surface area (Å²) in [6.07, 6.45) is -2.89. The number of halogens is 3. The lowest BCUT2D eigenvalue weighted by atomic mass is 9.77. The van der Waals surface area contributed by atoms with E-state index in [1.165, 1.54) is 13.1 Å². The molecule has 3 atom stereocenters. The van der Waals surface area contributed by atoms with Crippen LogP contribution in [-0.2, 0) is 17.4 Å². The molecule has 8 heteroatoms. The molecule has 2 aliphatic rings. The number of carbonyl (C=O) groups is 2. The van der Waals surface area contributed by atoms with Gasteiger partial charge in [0.05, 0.1) is 24.1 Å². The summed E-state index contributed by atoms with van der Waals surface area (Å²) < 4.78 is 40.3. The first kappa shape index (κ1) is 17.6. The van der Waals surface area contributed by atoms with Crippen LogP contribution in [0.5, 0.6) is 0 Å². The van der Waals surface area contributed by atoms with Crippen LogP contribution < -0.4 is 16.0 Å². The minimum atomic E-state index is -4.51. The molecule has 0 radical (unpaired) electrons. The number of benzene rings is 1. The molecule has 1 heterocycles. The van der Waals surface area contributed by atoms with E-state index in [1.807, 2.05) is 0 Å². The zero-order valence-electron chi connectivity index (χ0n) is 13.7. The lowest BCUT2D eigenvalue weighted by molar-refractivity contribution is -0.138. The maximum absolute atomic E-state index is 13.4. The highest BCUT2D eigenvalue weighted by Crippen LogP contribution is 2.40. The summed E-state index contributed by atoms with van der Waals surface area (Å²) in [6.45, 7) is 0. The number of likely N-dealkylation sites (N-methyl/N-ethyl adjacent to an activating group) is 1.